The minimum atomic E-state index is -0.184. The van der Waals surface area contributed by atoms with Gasteiger partial charge in [-0.3, -0.25) is 9.59 Å². The summed E-state index contributed by atoms with van der Waals surface area (Å²) in [5.74, 6) is -0.212. The molecule has 90 valence electrons. The van der Waals surface area contributed by atoms with Crippen LogP contribution in [0.2, 0.25) is 0 Å². The lowest BCUT2D eigenvalue weighted by Gasteiger charge is -2.12. The number of rotatable bonds is 2. The van der Waals surface area contributed by atoms with E-state index in [0.29, 0.717) is 24.2 Å². The SMILES string of the molecule is Cc1c(N)cccc1C(=O)NC1CNC(=O)C1. The average molecular weight is 233 g/mol. The van der Waals surface area contributed by atoms with E-state index in [9.17, 15) is 9.59 Å². The lowest BCUT2D eigenvalue weighted by Crippen LogP contribution is -2.36. The molecule has 0 saturated carbocycles. The van der Waals surface area contributed by atoms with Crippen molar-refractivity contribution in [3.05, 3.63) is 29.3 Å². The fraction of sp³-hybridized carbons (Fsp3) is 0.333. The Morgan fingerprint density at radius 3 is 2.94 bits per heavy atom. The molecule has 0 aromatic heterocycles. The van der Waals surface area contributed by atoms with Gasteiger partial charge in [-0.1, -0.05) is 6.07 Å². The number of benzene rings is 1. The Morgan fingerprint density at radius 1 is 1.53 bits per heavy atom. The summed E-state index contributed by atoms with van der Waals surface area (Å²) in [6.07, 6.45) is 0.340. The summed E-state index contributed by atoms with van der Waals surface area (Å²) in [6, 6.07) is 5.10. The van der Waals surface area contributed by atoms with Crippen molar-refractivity contribution in [3.8, 4) is 0 Å². The zero-order valence-electron chi connectivity index (χ0n) is 9.62. The Morgan fingerprint density at radius 2 is 2.29 bits per heavy atom. The van der Waals surface area contributed by atoms with E-state index in [2.05, 4.69) is 10.6 Å². The van der Waals surface area contributed by atoms with Crippen molar-refractivity contribution in [2.24, 2.45) is 0 Å². The van der Waals surface area contributed by atoms with E-state index in [-0.39, 0.29) is 17.9 Å². The predicted molar refractivity (Wildman–Crippen MR) is 64.5 cm³/mol. The van der Waals surface area contributed by atoms with Gasteiger partial charge in [0.05, 0.1) is 6.04 Å². The summed E-state index contributed by atoms with van der Waals surface area (Å²) in [5, 5.41) is 5.49. The molecule has 1 aliphatic heterocycles. The number of amides is 2. The minimum absolute atomic E-state index is 0.0282. The van der Waals surface area contributed by atoms with Crippen LogP contribution in [0.1, 0.15) is 22.3 Å². The smallest absolute Gasteiger partial charge is 0.251 e. The first kappa shape index (κ1) is 11.4. The molecule has 1 aromatic rings. The van der Waals surface area contributed by atoms with Crippen LogP contribution in [0, 0.1) is 6.92 Å². The fourth-order valence-electron chi connectivity index (χ4n) is 1.87. The molecule has 1 saturated heterocycles. The van der Waals surface area contributed by atoms with Gasteiger partial charge in [-0.15, -0.1) is 0 Å². The number of hydrogen-bond donors (Lipinski definition) is 3. The van der Waals surface area contributed by atoms with Crippen LogP contribution in [-0.2, 0) is 4.79 Å². The van der Waals surface area contributed by atoms with Crippen molar-refractivity contribution in [2.45, 2.75) is 19.4 Å². The van der Waals surface area contributed by atoms with Crippen LogP contribution in [0.5, 0.6) is 0 Å². The highest BCUT2D eigenvalue weighted by atomic mass is 16.2. The van der Waals surface area contributed by atoms with Gasteiger partial charge in [0.25, 0.3) is 5.91 Å². The molecule has 1 unspecified atom stereocenters. The van der Waals surface area contributed by atoms with Crippen LogP contribution < -0.4 is 16.4 Å². The average Bonchev–Trinajstić information content (AvgIpc) is 2.68. The Bertz CT molecular complexity index is 471. The van der Waals surface area contributed by atoms with Crippen LogP contribution in [0.4, 0.5) is 5.69 Å². The van der Waals surface area contributed by atoms with Gasteiger partial charge in [0.1, 0.15) is 0 Å². The van der Waals surface area contributed by atoms with Crippen LogP contribution in [-0.4, -0.2) is 24.4 Å². The van der Waals surface area contributed by atoms with E-state index < -0.39 is 0 Å². The van der Waals surface area contributed by atoms with E-state index in [0.717, 1.165) is 5.56 Å². The van der Waals surface area contributed by atoms with Crippen molar-refractivity contribution in [2.75, 3.05) is 12.3 Å². The lowest BCUT2D eigenvalue weighted by atomic mass is 10.1. The van der Waals surface area contributed by atoms with Crippen LogP contribution in [0.15, 0.2) is 18.2 Å². The molecular weight excluding hydrogens is 218 g/mol. The van der Waals surface area contributed by atoms with E-state index in [4.69, 9.17) is 5.73 Å². The van der Waals surface area contributed by atoms with E-state index in [1.54, 1.807) is 18.2 Å². The molecule has 1 atom stereocenters. The highest BCUT2D eigenvalue weighted by molar-refractivity contribution is 5.97. The second-order valence-electron chi connectivity index (χ2n) is 4.20. The number of hydrogen-bond acceptors (Lipinski definition) is 3. The first-order valence-corrected chi connectivity index (χ1v) is 5.50. The molecule has 1 fully saturated rings. The van der Waals surface area contributed by atoms with Crippen molar-refractivity contribution in [1.82, 2.24) is 10.6 Å². The van der Waals surface area contributed by atoms with Crippen molar-refractivity contribution in [3.63, 3.8) is 0 Å². The third-order valence-electron chi connectivity index (χ3n) is 2.93. The Labute approximate surface area is 99.4 Å². The Hall–Kier alpha value is -2.04. The maximum Gasteiger partial charge on any atom is 0.251 e. The summed E-state index contributed by atoms with van der Waals surface area (Å²) in [7, 11) is 0. The highest BCUT2D eigenvalue weighted by Crippen LogP contribution is 2.15. The summed E-state index contributed by atoms with van der Waals surface area (Å²) >= 11 is 0. The van der Waals surface area contributed by atoms with Crippen LogP contribution in [0.3, 0.4) is 0 Å². The van der Waals surface area contributed by atoms with Gasteiger partial charge < -0.3 is 16.4 Å². The standard InChI is InChI=1S/C12H15N3O2/c1-7-9(3-2-4-10(7)13)12(17)15-8-5-11(16)14-6-8/h2-4,8H,5-6,13H2,1H3,(H,14,16)(H,15,17). The monoisotopic (exact) mass is 233 g/mol. The molecule has 0 radical (unpaired) electrons. The quantitative estimate of drug-likeness (QED) is 0.638. The summed E-state index contributed by atoms with van der Waals surface area (Å²) < 4.78 is 0. The minimum Gasteiger partial charge on any atom is -0.398 e. The van der Waals surface area contributed by atoms with Gasteiger partial charge >= 0.3 is 0 Å². The van der Waals surface area contributed by atoms with E-state index in [1.807, 2.05) is 6.92 Å². The Balaban J connectivity index is 2.09. The molecule has 1 aromatic carbocycles. The molecule has 4 N–H and O–H groups in total. The fourth-order valence-corrected chi connectivity index (χ4v) is 1.87. The molecule has 2 amide bonds. The maximum atomic E-state index is 12.0. The molecule has 17 heavy (non-hydrogen) atoms. The van der Waals surface area contributed by atoms with Gasteiger partial charge in [-0.2, -0.15) is 0 Å². The van der Waals surface area contributed by atoms with Crippen molar-refractivity contribution < 1.29 is 9.59 Å². The Kier molecular flexibility index (Phi) is 2.99. The number of carbonyl (C=O) groups excluding carboxylic acids is 2. The lowest BCUT2D eigenvalue weighted by molar-refractivity contribution is -0.119. The molecule has 1 heterocycles. The number of carbonyl (C=O) groups is 2. The second kappa shape index (κ2) is 4.45. The number of nitrogens with one attached hydrogen (secondary N) is 2. The van der Waals surface area contributed by atoms with E-state index in [1.165, 1.54) is 0 Å². The van der Waals surface area contributed by atoms with Crippen LogP contribution >= 0.6 is 0 Å². The molecule has 1 aliphatic rings. The van der Waals surface area contributed by atoms with E-state index >= 15 is 0 Å². The molecule has 0 spiro atoms. The number of nitrogen functional groups attached to an aromatic ring is 1. The van der Waals surface area contributed by atoms with Crippen molar-refractivity contribution >= 4 is 17.5 Å². The van der Waals surface area contributed by atoms with Gasteiger partial charge in [-0.25, -0.2) is 0 Å². The predicted octanol–water partition coefficient (Wildman–Crippen LogP) is 0.196. The van der Waals surface area contributed by atoms with Crippen molar-refractivity contribution in [1.29, 1.82) is 0 Å². The van der Waals surface area contributed by atoms with Gasteiger partial charge in [0.2, 0.25) is 5.91 Å². The topological polar surface area (TPSA) is 84.2 Å². The zero-order chi connectivity index (χ0) is 12.4. The molecule has 2 rings (SSSR count). The van der Waals surface area contributed by atoms with Crippen LogP contribution in [0.25, 0.3) is 0 Å². The normalized spacial score (nSPS) is 18.9. The number of anilines is 1. The largest absolute Gasteiger partial charge is 0.398 e. The molecule has 5 heteroatoms. The van der Waals surface area contributed by atoms with Gasteiger partial charge in [0, 0.05) is 24.2 Å². The van der Waals surface area contributed by atoms with Gasteiger partial charge in [-0.05, 0) is 24.6 Å². The molecule has 5 nitrogen and oxygen atoms in total. The number of nitrogens with two attached hydrogens (primary N) is 1. The third kappa shape index (κ3) is 2.38. The molecule has 0 aliphatic carbocycles. The highest BCUT2D eigenvalue weighted by Gasteiger charge is 2.23. The first-order chi connectivity index (χ1) is 8.08. The second-order valence-corrected chi connectivity index (χ2v) is 4.20. The summed E-state index contributed by atoms with van der Waals surface area (Å²) in [6.45, 7) is 2.30. The molecular formula is C12H15N3O2. The van der Waals surface area contributed by atoms with Gasteiger partial charge in [0.15, 0.2) is 0 Å². The maximum absolute atomic E-state index is 12.0. The first-order valence-electron chi connectivity index (χ1n) is 5.50. The molecule has 0 bridgehead atoms. The third-order valence-corrected chi connectivity index (χ3v) is 2.93. The summed E-state index contributed by atoms with van der Waals surface area (Å²) in [5.41, 5.74) is 7.66. The zero-order valence-corrected chi connectivity index (χ0v) is 9.62. The summed E-state index contributed by atoms with van der Waals surface area (Å²) in [4.78, 5) is 23.0.